The van der Waals surface area contributed by atoms with Crippen molar-refractivity contribution in [3.63, 3.8) is 0 Å². The molecule has 0 N–H and O–H groups in total. The molecule has 0 saturated carbocycles. The van der Waals surface area contributed by atoms with Gasteiger partial charge < -0.3 is 4.42 Å². The number of fused-ring (bicyclic) bond motifs is 3. The molecular formula is C25H25N2O+. The zero-order valence-corrected chi connectivity index (χ0v) is 17.3. The van der Waals surface area contributed by atoms with Crippen molar-refractivity contribution >= 4 is 27.6 Å². The Bertz CT molecular complexity index is 1280. The van der Waals surface area contributed by atoms with Crippen LogP contribution in [0.2, 0.25) is 0 Å². The SMILES string of the molecule is [C-]#[N+]c1ccc2c(c1)oc1c(-c3cc(C(C)(C)C)c(C)c[n+]3C)c(C)ccc12. The van der Waals surface area contributed by atoms with Crippen molar-refractivity contribution in [3.05, 3.63) is 70.7 Å². The summed E-state index contributed by atoms with van der Waals surface area (Å²) in [6.45, 7) is 18.3. The van der Waals surface area contributed by atoms with E-state index in [0.717, 1.165) is 33.2 Å². The third-order valence-corrected chi connectivity index (χ3v) is 5.50. The maximum Gasteiger partial charge on any atom is 0.216 e. The number of aromatic nitrogens is 1. The van der Waals surface area contributed by atoms with Gasteiger partial charge in [-0.25, -0.2) is 9.41 Å². The van der Waals surface area contributed by atoms with E-state index in [0.29, 0.717) is 5.69 Å². The number of furan rings is 1. The molecule has 140 valence electrons. The predicted octanol–water partition coefficient (Wildman–Crippen LogP) is 6.54. The smallest absolute Gasteiger partial charge is 0.216 e. The summed E-state index contributed by atoms with van der Waals surface area (Å²) in [7, 11) is 2.09. The molecule has 2 aromatic heterocycles. The third-order valence-electron chi connectivity index (χ3n) is 5.50. The zero-order valence-electron chi connectivity index (χ0n) is 17.3. The van der Waals surface area contributed by atoms with Gasteiger partial charge in [-0.2, -0.15) is 0 Å². The number of hydrogen-bond acceptors (Lipinski definition) is 1. The van der Waals surface area contributed by atoms with Gasteiger partial charge in [0.25, 0.3) is 0 Å². The van der Waals surface area contributed by atoms with Crippen LogP contribution < -0.4 is 4.57 Å². The molecule has 0 atom stereocenters. The van der Waals surface area contributed by atoms with Crippen LogP contribution in [0.3, 0.4) is 0 Å². The highest BCUT2D eigenvalue weighted by Gasteiger charge is 2.25. The quantitative estimate of drug-likeness (QED) is 0.276. The summed E-state index contributed by atoms with van der Waals surface area (Å²) in [5.41, 5.74) is 8.37. The van der Waals surface area contributed by atoms with Gasteiger partial charge in [-0.3, -0.25) is 0 Å². The second-order valence-corrected chi connectivity index (χ2v) is 8.64. The Morgan fingerprint density at radius 1 is 0.964 bits per heavy atom. The number of rotatable bonds is 1. The summed E-state index contributed by atoms with van der Waals surface area (Å²) in [6, 6.07) is 12.3. The van der Waals surface area contributed by atoms with Crippen molar-refractivity contribution < 1.29 is 8.98 Å². The topological polar surface area (TPSA) is 21.4 Å². The Kier molecular flexibility index (Phi) is 4.05. The number of nitrogens with zero attached hydrogens (tertiary/aromatic N) is 2. The van der Waals surface area contributed by atoms with E-state index in [9.17, 15) is 0 Å². The van der Waals surface area contributed by atoms with Gasteiger partial charge in [-0.1, -0.05) is 45.0 Å². The molecule has 0 saturated heterocycles. The lowest BCUT2D eigenvalue weighted by Crippen LogP contribution is -2.33. The van der Waals surface area contributed by atoms with Crippen molar-refractivity contribution in [3.8, 4) is 11.3 Å². The van der Waals surface area contributed by atoms with Crippen molar-refractivity contribution in [1.82, 2.24) is 0 Å². The van der Waals surface area contributed by atoms with Crippen LogP contribution in [-0.2, 0) is 12.5 Å². The molecule has 3 heteroatoms. The molecule has 3 nitrogen and oxygen atoms in total. The lowest BCUT2D eigenvalue weighted by Gasteiger charge is -2.21. The van der Waals surface area contributed by atoms with Crippen LogP contribution in [-0.4, -0.2) is 0 Å². The van der Waals surface area contributed by atoms with E-state index in [4.69, 9.17) is 11.0 Å². The highest BCUT2D eigenvalue weighted by Crippen LogP contribution is 2.39. The summed E-state index contributed by atoms with van der Waals surface area (Å²) in [5, 5.41) is 2.14. The van der Waals surface area contributed by atoms with Crippen molar-refractivity contribution in [2.75, 3.05) is 0 Å². The Labute approximate surface area is 166 Å². The number of aryl methyl sites for hydroxylation is 3. The highest BCUT2D eigenvalue weighted by molar-refractivity contribution is 6.10. The summed E-state index contributed by atoms with van der Waals surface area (Å²) in [5.74, 6) is 0. The van der Waals surface area contributed by atoms with E-state index in [1.165, 1.54) is 16.7 Å². The molecule has 0 unspecified atom stereocenters. The molecule has 0 aliphatic rings. The van der Waals surface area contributed by atoms with Crippen LogP contribution in [0.15, 0.2) is 47.0 Å². The van der Waals surface area contributed by atoms with E-state index in [-0.39, 0.29) is 5.41 Å². The van der Waals surface area contributed by atoms with Crippen molar-refractivity contribution in [1.29, 1.82) is 0 Å². The van der Waals surface area contributed by atoms with Crippen molar-refractivity contribution in [2.24, 2.45) is 7.05 Å². The minimum atomic E-state index is 0.0628. The van der Waals surface area contributed by atoms with Crippen LogP contribution in [0, 0.1) is 20.4 Å². The van der Waals surface area contributed by atoms with E-state index in [1.54, 1.807) is 0 Å². The van der Waals surface area contributed by atoms with Crippen LogP contribution in [0.1, 0.15) is 37.5 Å². The first-order valence-electron chi connectivity index (χ1n) is 9.55. The first kappa shape index (κ1) is 18.3. The first-order chi connectivity index (χ1) is 13.2. The van der Waals surface area contributed by atoms with Crippen LogP contribution in [0.25, 0.3) is 38.0 Å². The van der Waals surface area contributed by atoms with Gasteiger partial charge in [0, 0.05) is 22.4 Å². The van der Waals surface area contributed by atoms with Gasteiger partial charge in [0.1, 0.15) is 18.2 Å². The molecule has 2 aromatic carbocycles. The minimum absolute atomic E-state index is 0.0628. The molecule has 0 aliphatic heterocycles. The minimum Gasteiger partial charge on any atom is -0.456 e. The molecule has 0 radical (unpaired) electrons. The molecule has 0 spiro atoms. The maximum atomic E-state index is 7.27. The van der Waals surface area contributed by atoms with Crippen LogP contribution in [0.4, 0.5) is 5.69 Å². The third kappa shape index (κ3) is 2.77. The molecule has 4 rings (SSSR count). The average molecular weight is 369 g/mol. The van der Waals surface area contributed by atoms with Gasteiger partial charge >= 0.3 is 0 Å². The molecule has 28 heavy (non-hydrogen) atoms. The fraction of sp³-hybridized carbons (Fsp3) is 0.280. The van der Waals surface area contributed by atoms with Crippen LogP contribution >= 0.6 is 0 Å². The van der Waals surface area contributed by atoms with Gasteiger partial charge in [0.15, 0.2) is 11.9 Å². The highest BCUT2D eigenvalue weighted by atomic mass is 16.3. The fourth-order valence-electron chi connectivity index (χ4n) is 4.15. The van der Waals surface area contributed by atoms with Gasteiger partial charge in [0.05, 0.1) is 12.1 Å². The molecular weight excluding hydrogens is 344 g/mol. The molecule has 0 fully saturated rings. The van der Waals surface area contributed by atoms with Crippen LogP contribution in [0.5, 0.6) is 0 Å². The van der Waals surface area contributed by atoms with Gasteiger partial charge in [-0.15, -0.1) is 0 Å². The van der Waals surface area contributed by atoms with Crippen molar-refractivity contribution in [2.45, 2.75) is 40.0 Å². The predicted molar refractivity (Wildman–Crippen MR) is 115 cm³/mol. The average Bonchev–Trinajstić information content (AvgIpc) is 2.99. The number of hydrogen-bond donors (Lipinski definition) is 0. The summed E-state index contributed by atoms with van der Waals surface area (Å²) >= 11 is 0. The number of benzene rings is 2. The van der Waals surface area contributed by atoms with E-state index in [1.807, 2.05) is 18.2 Å². The maximum absolute atomic E-state index is 7.27. The fourth-order valence-corrected chi connectivity index (χ4v) is 4.15. The molecule has 0 bridgehead atoms. The molecule has 0 amide bonds. The lowest BCUT2D eigenvalue weighted by atomic mass is 9.83. The van der Waals surface area contributed by atoms with E-state index < -0.39 is 0 Å². The molecule has 4 aromatic rings. The second kappa shape index (κ2) is 6.21. The molecule has 2 heterocycles. The Morgan fingerprint density at radius 2 is 1.68 bits per heavy atom. The number of pyridine rings is 1. The zero-order chi connectivity index (χ0) is 20.2. The monoisotopic (exact) mass is 369 g/mol. The Morgan fingerprint density at radius 3 is 2.36 bits per heavy atom. The summed E-state index contributed by atoms with van der Waals surface area (Å²) < 4.78 is 8.50. The Balaban J connectivity index is 2.09. The van der Waals surface area contributed by atoms with Gasteiger partial charge in [-0.05, 0) is 36.5 Å². The molecule has 0 aliphatic carbocycles. The van der Waals surface area contributed by atoms with Gasteiger partial charge in [0.2, 0.25) is 5.69 Å². The lowest BCUT2D eigenvalue weighted by molar-refractivity contribution is -0.660. The summed E-state index contributed by atoms with van der Waals surface area (Å²) in [4.78, 5) is 3.54. The van der Waals surface area contributed by atoms with E-state index >= 15 is 0 Å². The Hall–Kier alpha value is -3.12. The normalized spacial score (nSPS) is 11.9. The standard InChI is InChI=1S/C25H25N2O/c1-15-8-10-19-18-11-9-17(26-6)12-22(18)28-24(19)23(15)21-13-20(25(3,4)5)16(2)14-27(21)7/h8-14H,1-5,7H3/q+1. The summed E-state index contributed by atoms with van der Waals surface area (Å²) in [6.07, 6.45) is 2.20. The van der Waals surface area contributed by atoms with E-state index in [2.05, 4.69) is 75.5 Å². The second-order valence-electron chi connectivity index (χ2n) is 8.64. The largest absolute Gasteiger partial charge is 0.456 e. The first-order valence-corrected chi connectivity index (χ1v) is 9.55.